The first kappa shape index (κ1) is 17.9. The number of benzene rings is 1. The fourth-order valence-corrected chi connectivity index (χ4v) is 3.04. The lowest BCUT2D eigenvalue weighted by Gasteiger charge is -2.34. The molecule has 0 unspecified atom stereocenters. The Morgan fingerprint density at radius 1 is 0.846 bits per heavy atom. The molecule has 2 amide bonds. The Morgan fingerprint density at radius 3 is 2.19 bits per heavy atom. The predicted octanol–water partition coefficient (Wildman–Crippen LogP) is 2.62. The van der Waals surface area contributed by atoms with Gasteiger partial charge < -0.3 is 14.2 Å². The summed E-state index contributed by atoms with van der Waals surface area (Å²) in [6.07, 6.45) is 2.74. The van der Waals surface area contributed by atoms with Crippen molar-refractivity contribution in [1.29, 1.82) is 0 Å². The molecular weight excluding hydrogens is 332 g/mol. The first-order valence-electron chi connectivity index (χ1n) is 8.84. The Bertz CT molecular complexity index is 747. The number of piperazine rings is 1. The second-order valence-corrected chi connectivity index (χ2v) is 6.29. The Kier molecular flexibility index (Phi) is 5.84. The summed E-state index contributed by atoms with van der Waals surface area (Å²) >= 11 is 0. The number of rotatable bonds is 6. The van der Waals surface area contributed by atoms with E-state index in [4.69, 9.17) is 4.42 Å². The van der Waals surface area contributed by atoms with Crippen LogP contribution in [0.15, 0.2) is 53.1 Å². The summed E-state index contributed by atoms with van der Waals surface area (Å²) < 4.78 is 5.13. The van der Waals surface area contributed by atoms with Gasteiger partial charge in [0.15, 0.2) is 11.5 Å². The standard InChI is InChI=1S/C20H22N2O4/c23-17(16-6-2-1-3-7-16)8-4-10-19(24)21-11-13-22(14-12-21)20(25)18-9-5-15-26-18/h1-3,5-7,9,15H,4,8,10-14H2. The van der Waals surface area contributed by atoms with E-state index in [1.165, 1.54) is 6.26 Å². The molecule has 1 aromatic heterocycles. The van der Waals surface area contributed by atoms with Crippen molar-refractivity contribution in [2.75, 3.05) is 26.2 Å². The van der Waals surface area contributed by atoms with E-state index in [0.717, 1.165) is 0 Å². The Hall–Kier alpha value is -2.89. The van der Waals surface area contributed by atoms with Gasteiger partial charge >= 0.3 is 0 Å². The van der Waals surface area contributed by atoms with Crippen LogP contribution in [0.3, 0.4) is 0 Å². The number of hydrogen-bond donors (Lipinski definition) is 0. The second kappa shape index (κ2) is 8.47. The summed E-state index contributed by atoms with van der Waals surface area (Å²) in [6.45, 7) is 2.01. The van der Waals surface area contributed by atoms with Crippen LogP contribution in [-0.4, -0.2) is 53.6 Å². The monoisotopic (exact) mass is 354 g/mol. The first-order valence-corrected chi connectivity index (χ1v) is 8.84. The van der Waals surface area contributed by atoms with Crippen molar-refractivity contribution in [3.63, 3.8) is 0 Å². The number of ketones is 1. The molecule has 1 fully saturated rings. The van der Waals surface area contributed by atoms with Crippen molar-refractivity contribution < 1.29 is 18.8 Å². The SMILES string of the molecule is O=C(CCCC(=O)N1CCN(C(=O)c2ccco2)CC1)c1ccccc1. The molecule has 0 aliphatic carbocycles. The van der Waals surface area contributed by atoms with E-state index < -0.39 is 0 Å². The van der Waals surface area contributed by atoms with Crippen molar-refractivity contribution >= 4 is 17.6 Å². The van der Waals surface area contributed by atoms with Gasteiger partial charge in [-0.25, -0.2) is 0 Å². The fraction of sp³-hybridized carbons (Fsp3) is 0.350. The molecule has 2 heterocycles. The first-order chi connectivity index (χ1) is 12.6. The minimum absolute atomic E-state index is 0.0379. The third-order valence-electron chi connectivity index (χ3n) is 4.54. The molecule has 3 rings (SSSR count). The number of carbonyl (C=O) groups excluding carboxylic acids is 3. The number of Topliss-reactive ketones (excluding diaryl/α,β-unsaturated/α-hetero) is 1. The Labute approximate surface area is 152 Å². The van der Waals surface area contributed by atoms with Crippen molar-refractivity contribution in [3.8, 4) is 0 Å². The maximum atomic E-state index is 12.3. The summed E-state index contributed by atoms with van der Waals surface area (Å²) in [5, 5.41) is 0. The molecule has 1 aliphatic heterocycles. The molecule has 6 nitrogen and oxygen atoms in total. The van der Waals surface area contributed by atoms with Gasteiger partial charge in [0.1, 0.15) is 0 Å². The molecule has 1 saturated heterocycles. The van der Waals surface area contributed by atoms with E-state index in [0.29, 0.717) is 56.8 Å². The van der Waals surface area contributed by atoms with Crippen LogP contribution in [0.4, 0.5) is 0 Å². The highest BCUT2D eigenvalue weighted by atomic mass is 16.3. The summed E-state index contributed by atoms with van der Waals surface area (Å²) in [5.74, 6) is 0.281. The van der Waals surface area contributed by atoms with Crippen LogP contribution in [0.2, 0.25) is 0 Å². The molecule has 0 atom stereocenters. The number of nitrogens with zero attached hydrogens (tertiary/aromatic N) is 2. The number of furan rings is 1. The van der Waals surface area contributed by atoms with Crippen molar-refractivity contribution in [3.05, 3.63) is 60.1 Å². The lowest BCUT2D eigenvalue weighted by Crippen LogP contribution is -2.50. The van der Waals surface area contributed by atoms with Gasteiger partial charge in [0.25, 0.3) is 5.91 Å². The molecule has 0 radical (unpaired) electrons. The number of hydrogen-bond acceptors (Lipinski definition) is 4. The van der Waals surface area contributed by atoms with Crippen LogP contribution >= 0.6 is 0 Å². The quantitative estimate of drug-likeness (QED) is 0.748. The molecule has 2 aromatic rings. The summed E-state index contributed by atoms with van der Waals surface area (Å²) in [4.78, 5) is 40.0. The van der Waals surface area contributed by atoms with Crippen molar-refractivity contribution in [2.24, 2.45) is 0 Å². The molecule has 0 spiro atoms. The minimum Gasteiger partial charge on any atom is -0.459 e. The maximum Gasteiger partial charge on any atom is 0.289 e. The third kappa shape index (κ3) is 4.39. The van der Waals surface area contributed by atoms with E-state index >= 15 is 0 Å². The topological polar surface area (TPSA) is 70.8 Å². The van der Waals surface area contributed by atoms with E-state index in [9.17, 15) is 14.4 Å². The van der Waals surface area contributed by atoms with E-state index in [-0.39, 0.29) is 17.6 Å². The third-order valence-corrected chi connectivity index (χ3v) is 4.54. The highest BCUT2D eigenvalue weighted by Gasteiger charge is 2.25. The van der Waals surface area contributed by atoms with Crippen LogP contribution in [0, 0.1) is 0 Å². The minimum atomic E-state index is -0.143. The van der Waals surface area contributed by atoms with Crippen LogP contribution in [-0.2, 0) is 4.79 Å². The van der Waals surface area contributed by atoms with Gasteiger partial charge in [0, 0.05) is 44.6 Å². The average Bonchev–Trinajstić information content (AvgIpc) is 3.23. The fourth-order valence-electron chi connectivity index (χ4n) is 3.04. The maximum absolute atomic E-state index is 12.3. The van der Waals surface area contributed by atoms with Crippen LogP contribution in [0.1, 0.15) is 40.2 Å². The smallest absolute Gasteiger partial charge is 0.289 e. The zero-order valence-electron chi connectivity index (χ0n) is 14.6. The van der Waals surface area contributed by atoms with E-state index in [1.54, 1.807) is 34.1 Å². The number of carbonyl (C=O) groups is 3. The van der Waals surface area contributed by atoms with E-state index in [2.05, 4.69) is 0 Å². The summed E-state index contributed by atoms with van der Waals surface area (Å²) in [5.41, 5.74) is 0.685. The van der Waals surface area contributed by atoms with Crippen LogP contribution in [0.5, 0.6) is 0 Å². The van der Waals surface area contributed by atoms with Crippen LogP contribution in [0.25, 0.3) is 0 Å². The molecular formula is C20H22N2O4. The molecule has 0 saturated carbocycles. The molecule has 0 N–H and O–H groups in total. The van der Waals surface area contributed by atoms with Gasteiger partial charge in [-0.05, 0) is 18.6 Å². The Balaban J connectivity index is 1.40. The van der Waals surface area contributed by atoms with Gasteiger partial charge in [-0.15, -0.1) is 0 Å². The average molecular weight is 354 g/mol. The summed E-state index contributed by atoms with van der Waals surface area (Å²) in [7, 11) is 0. The molecule has 136 valence electrons. The largest absolute Gasteiger partial charge is 0.459 e. The van der Waals surface area contributed by atoms with E-state index in [1.807, 2.05) is 18.2 Å². The highest BCUT2D eigenvalue weighted by Crippen LogP contribution is 2.12. The van der Waals surface area contributed by atoms with Crippen LogP contribution < -0.4 is 0 Å². The number of amides is 2. The normalized spacial score (nSPS) is 14.3. The Morgan fingerprint density at radius 2 is 1.54 bits per heavy atom. The summed E-state index contributed by atoms with van der Waals surface area (Å²) in [6, 6.07) is 12.5. The van der Waals surface area contributed by atoms with Crippen molar-refractivity contribution in [2.45, 2.75) is 19.3 Å². The van der Waals surface area contributed by atoms with Gasteiger partial charge in [0.2, 0.25) is 5.91 Å². The molecule has 0 bridgehead atoms. The van der Waals surface area contributed by atoms with Gasteiger partial charge in [-0.2, -0.15) is 0 Å². The lowest BCUT2D eigenvalue weighted by molar-refractivity contribution is -0.132. The molecule has 26 heavy (non-hydrogen) atoms. The van der Waals surface area contributed by atoms with Gasteiger partial charge in [-0.1, -0.05) is 30.3 Å². The van der Waals surface area contributed by atoms with Gasteiger partial charge in [-0.3, -0.25) is 14.4 Å². The molecule has 1 aliphatic rings. The zero-order chi connectivity index (χ0) is 18.4. The molecule has 6 heteroatoms. The zero-order valence-corrected chi connectivity index (χ0v) is 14.6. The lowest BCUT2D eigenvalue weighted by atomic mass is 10.1. The second-order valence-electron chi connectivity index (χ2n) is 6.29. The molecule has 1 aromatic carbocycles. The van der Waals surface area contributed by atoms with Gasteiger partial charge in [0.05, 0.1) is 6.26 Å². The van der Waals surface area contributed by atoms with Crippen molar-refractivity contribution in [1.82, 2.24) is 9.80 Å². The predicted molar refractivity (Wildman–Crippen MR) is 95.8 cm³/mol. The highest BCUT2D eigenvalue weighted by molar-refractivity contribution is 5.96.